The Balaban J connectivity index is 1.71. The van der Waals surface area contributed by atoms with Crippen LogP contribution in [0.3, 0.4) is 0 Å². The molecule has 4 atom stereocenters. The van der Waals surface area contributed by atoms with Gasteiger partial charge in [0.2, 0.25) is 0 Å². The zero-order valence-electron chi connectivity index (χ0n) is 38.6. The van der Waals surface area contributed by atoms with Gasteiger partial charge in [0.25, 0.3) is 8.32 Å². The molecule has 11 nitrogen and oxygen atoms in total. The van der Waals surface area contributed by atoms with Gasteiger partial charge < -0.3 is 35.2 Å². The van der Waals surface area contributed by atoms with E-state index in [0.29, 0.717) is 25.7 Å². The molecule has 12 heteroatoms. The van der Waals surface area contributed by atoms with E-state index in [1.807, 2.05) is 108 Å². The molecule has 0 aromatic heterocycles. The standard InChI is InChI=1S/C49H74N4O7Si/c1-34(2)27-39(50-47(56)52-43(29-36(5)6)45(54)58-31-38-21-15-12-16-22-38)32-59-46(55)44(30-37(7)8)53-48(57)51-40(28-35(3)4)33-60-61(49(9,10)11,41-23-17-13-18-24-41)42-25-19-14-20-26-42/h12-26,34-37,39-40,43-44H,27-33H2,1-11H3,(H2,50,52,56)(H2,51,53,57)/t39-,40-,43-,44-/m0/s1. The molecular weight excluding hydrogens is 785 g/mol. The quantitative estimate of drug-likeness (QED) is 0.0558. The second-order valence-electron chi connectivity index (χ2n) is 19.0. The molecule has 336 valence electrons. The minimum atomic E-state index is -2.87. The number of esters is 2. The van der Waals surface area contributed by atoms with Gasteiger partial charge in [-0.1, -0.05) is 167 Å². The van der Waals surface area contributed by atoms with Crippen molar-refractivity contribution in [2.24, 2.45) is 23.7 Å². The SMILES string of the molecule is CC(C)C[C@@H](COC(=O)[C@H](CC(C)C)NC(=O)N[C@H](CO[Si](c1ccccc1)(c1ccccc1)C(C)(C)C)CC(C)C)NC(=O)N[C@@H](CC(C)C)C(=O)OCc1ccccc1. The van der Waals surface area contributed by atoms with Gasteiger partial charge in [-0.3, -0.25) is 0 Å². The van der Waals surface area contributed by atoms with E-state index in [1.165, 1.54) is 0 Å². The van der Waals surface area contributed by atoms with Crippen LogP contribution in [0.25, 0.3) is 0 Å². The lowest BCUT2D eigenvalue weighted by atomic mass is 10.0. The summed E-state index contributed by atoms with van der Waals surface area (Å²) >= 11 is 0. The Morgan fingerprint density at radius 3 is 1.28 bits per heavy atom. The van der Waals surface area contributed by atoms with Gasteiger partial charge in [-0.15, -0.1) is 0 Å². The fraction of sp³-hybridized carbons (Fsp3) is 0.551. The lowest BCUT2D eigenvalue weighted by Crippen LogP contribution is -2.67. The summed E-state index contributed by atoms with van der Waals surface area (Å²) in [5, 5.41) is 13.8. The summed E-state index contributed by atoms with van der Waals surface area (Å²) in [7, 11) is -2.87. The number of hydrogen-bond donors (Lipinski definition) is 4. The molecule has 3 rings (SSSR count). The van der Waals surface area contributed by atoms with Crippen LogP contribution >= 0.6 is 0 Å². The molecule has 3 aromatic rings. The molecular formula is C49H74N4O7Si. The highest BCUT2D eigenvalue weighted by molar-refractivity contribution is 6.99. The summed E-state index contributed by atoms with van der Waals surface area (Å²) < 4.78 is 18.6. The largest absolute Gasteiger partial charge is 0.462 e. The Morgan fingerprint density at radius 2 is 0.885 bits per heavy atom. The third kappa shape index (κ3) is 17.0. The van der Waals surface area contributed by atoms with Gasteiger partial charge in [-0.05, 0) is 70.3 Å². The van der Waals surface area contributed by atoms with Crippen molar-refractivity contribution in [2.75, 3.05) is 13.2 Å². The van der Waals surface area contributed by atoms with Crippen LogP contribution in [-0.2, 0) is 30.1 Å². The number of benzene rings is 3. The number of rotatable bonds is 23. The second-order valence-corrected chi connectivity index (χ2v) is 23.3. The lowest BCUT2D eigenvalue weighted by molar-refractivity contribution is -0.148. The molecule has 0 spiro atoms. The molecule has 0 unspecified atom stereocenters. The zero-order chi connectivity index (χ0) is 45.2. The van der Waals surface area contributed by atoms with E-state index in [2.05, 4.69) is 80.2 Å². The number of hydrogen-bond acceptors (Lipinski definition) is 7. The normalized spacial score (nSPS) is 14.0. The Hall–Kier alpha value is -4.68. The average Bonchev–Trinajstić information content (AvgIpc) is 3.18. The van der Waals surface area contributed by atoms with Crippen molar-refractivity contribution in [1.82, 2.24) is 21.3 Å². The van der Waals surface area contributed by atoms with E-state index >= 15 is 0 Å². The van der Waals surface area contributed by atoms with Gasteiger partial charge in [-0.2, -0.15) is 0 Å². The molecule has 0 bridgehead atoms. The minimum absolute atomic E-state index is 0.0673. The smallest absolute Gasteiger partial charge is 0.329 e. The molecule has 0 aliphatic rings. The third-order valence-electron chi connectivity index (χ3n) is 10.3. The predicted molar refractivity (Wildman–Crippen MR) is 247 cm³/mol. The molecule has 0 saturated heterocycles. The molecule has 3 aromatic carbocycles. The Bertz CT molecular complexity index is 1730. The van der Waals surface area contributed by atoms with Crippen molar-refractivity contribution in [1.29, 1.82) is 0 Å². The first-order valence-electron chi connectivity index (χ1n) is 22.1. The molecule has 0 saturated carbocycles. The maximum atomic E-state index is 13.8. The van der Waals surface area contributed by atoms with Crippen LogP contribution in [-0.4, -0.2) is 69.7 Å². The number of ether oxygens (including phenoxy) is 2. The molecule has 0 heterocycles. The van der Waals surface area contributed by atoms with E-state index in [1.54, 1.807) is 0 Å². The number of nitrogens with one attached hydrogen (secondary N) is 4. The van der Waals surface area contributed by atoms with Crippen molar-refractivity contribution in [3.05, 3.63) is 96.6 Å². The van der Waals surface area contributed by atoms with Gasteiger partial charge in [0, 0.05) is 0 Å². The average molecular weight is 859 g/mol. The van der Waals surface area contributed by atoms with Crippen molar-refractivity contribution in [3.8, 4) is 0 Å². The van der Waals surface area contributed by atoms with E-state index < -0.39 is 50.4 Å². The Kier molecular flexibility index (Phi) is 20.5. The first-order chi connectivity index (χ1) is 28.8. The zero-order valence-corrected chi connectivity index (χ0v) is 39.6. The maximum Gasteiger partial charge on any atom is 0.329 e. The number of carbonyl (C=O) groups excluding carboxylic acids is 4. The van der Waals surface area contributed by atoms with E-state index in [9.17, 15) is 19.2 Å². The highest BCUT2D eigenvalue weighted by Crippen LogP contribution is 2.37. The molecule has 61 heavy (non-hydrogen) atoms. The van der Waals surface area contributed by atoms with Gasteiger partial charge in [0.1, 0.15) is 25.3 Å². The minimum Gasteiger partial charge on any atom is -0.462 e. The molecule has 4 amide bonds. The van der Waals surface area contributed by atoms with E-state index in [0.717, 1.165) is 15.9 Å². The first-order valence-corrected chi connectivity index (χ1v) is 24.0. The summed E-state index contributed by atoms with van der Waals surface area (Å²) in [6.07, 6.45) is 1.92. The summed E-state index contributed by atoms with van der Waals surface area (Å²) in [6.45, 7) is 23.1. The predicted octanol–water partition coefficient (Wildman–Crippen LogP) is 8.11. The van der Waals surface area contributed by atoms with Gasteiger partial charge in [0.15, 0.2) is 0 Å². The van der Waals surface area contributed by atoms with Crippen molar-refractivity contribution < 1.29 is 33.1 Å². The van der Waals surface area contributed by atoms with Crippen molar-refractivity contribution in [2.45, 2.75) is 138 Å². The van der Waals surface area contributed by atoms with Gasteiger partial charge in [-0.25, -0.2) is 19.2 Å². The summed E-state index contributed by atoms with van der Waals surface area (Å²) in [5.41, 5.74) is 0.848. The molecule has 0 aliphatic carbocycles. The highest BCUT2D eigenvalue weighted by Gasteiger charge is 2.50. The van der Waals surface area contributed by atoms with Gasteiger partial charge >= 0.3 is 24.0 Å². The monoisotopic (exact) mass is 859 g/mol. The molecule has 0 aliphatic heterocycles. The second kappa shape index (κ2) is 24.7. The van der Waals surface area contributed by atoms with Crippen LogP contribution in [0, 0.1) is 23.7 Å². The van der Waals surface area contributed by atoms with Crippen LogP contribution < -0.4 is 31.6 Å². The fourth-order valence-corrected chi connectivity index (χ4v) is 12.3. The van der Waals surface area contributed by atoms with E-state index in [4.69, 9.17) is 13.9 Å². The number of carbonyl (C=O) groups is 4. The topological polar surface area (TPSA) is 144 Å². The van der Waals surface area contributed by atoms with Crippen LogP contribution in [0.15, 0.2) is 91.0 Å². The Labute approximate surface area is 367 Å². The van der Waals surface area contributed by atoms with E-state index in [-0.39, 0.29) is 54.6 Å². The highest BCUT2D eigenvalue weighted by atomic mass is 28.4. The first kappa shape index (κ1) is 50.7. The van der Waals surface area contributed by atoms with Crippen molar-refractivity contribution >= 4 is 42.7 Å². The van der Waals surface area contributed by atoms with Crippen LogP contribution in [0.5, 0.6) is 0 Å². The summed E-state index contributed by atoms with van der Waals surface area (Å²) in [5.74, 6) is -0.521. The summed E-state index contributed by atoms with van der Waals surface area (Å²) in [6, 6.07) is 26.4. The van der Waals surface area contributed by atoms with Crippen LogP contribution in [0.1, 0.15) is 107 Å². The van der Waals surface area contributed by atoms with Crippen molar-refractivity contribution in [3.63, 3.8) is 0 Å². The Morgan fingerprint density at radius 1 is 0.508 bits per heavy atom. The third-order valence-corrected chi connectivity index (χ3v) is 15.3. The van der Waals surface area contributed by atoms with Crippen LogP contribution in [0.2, 0.25) is 5.04 Å². The molecule has 0 radical (unpaired) electrons. The molecule has 4 N–H and O–H groups in total. The number of amides is 4. The molecule has 0 fully saturated rings. The number of urea groups is 2. The van der Waals surface area contributed by atoms with Gasteiger partial charge in [0.05, 0.1) is 18.7 Å². The maximum absolute atomic E-state index is 13.8. The lowest BCUT2D eigenvalue weighted by Gasteiger charge is -2.43. The van der Waals surface area contributed by atoms with Crippen LogP contribution in [0.4, 0.5) is 9.59 Å². The summed E-state index contributed by atoms with van der Waals surface area (Å²) in [4.78, 5) is 54.0. The fourth-order valence-electron chi connectivity index (χ4n) is 7.72.